The Morgan fingerprint density at radius 2 is 1.81 bits per heavy atom. The first-order chi connectivity index (χ1) is 7.20. The molecule has 0 fully saturated rings. The molecule has 1 rings (SSSR count). The minimum atomic E-state index is -0.597. The summed E-state index contributed by atoms with van der Waals surface area (Å²) in [5.74, 6) is -1.13. The van der Waals surface area contributed by atoms with Crippen LogP contribution in [-0.4, -0.2) is 25.4 Å². The first kappa shape index (κ1) is 14.5. The molecule has 1 N–H and O–H groups in total. The fourth-order valence-corrected chi connectivity index (χ4v) is 1.28. The normalized spacial score (nSPS) is 8.88. The number of benzene rings is 1. The molecule has 16 heavy (non-hydrogen) atoms. The van der Waals surface area contributed by atoms with Crippen LogP contribution in [0.15, 0.2) is 30.3 Å². The number of nitrogens with one attached hydrogen (secondary N) is 1. The van der Waals surface area contributed by atoms with Gasteiger partial charge in [-0.1, -0.05) is 18.2 Å². The van der Waals surface area contributed by atoms with Gasteiger partial charge in [0, 0.05) is 19.3 Å². The lowest BCUT2D eigenvalue weighted by Crippen LogP contribution is -2.41. The van der Waals surface area contributed by atoms with E-state index >= 15 is 0 Å². The number of para-hydroxylation sites is 1. The van der Waals surface area contributed by atoms with E-state index in [1.165, 1.54) is 11.9 Å². The molecule has 5 heteroatoms. The number of hydrogen-bond donors (Lipinski definition) is 1. The topological polar surface area (TPSA) is 49.4 Å². The van der Waals surface area contributed by atoms with E-state index < -0.39 is 11.8 Å². The van der Waals surface area contributed by atoms with Gasteiger partial charge in [0.1, 0.15) is 0 Å². The van der Waals surface area contributed by atoms with Gasteiger partial charge in [0.05, 0.1) is 0 Å². The number of anilines is 1. The van der Waals surface area contributed by atoms with E-state index in [9.17, 15) is 9.59 Å². The number of nitrogens with zero attached hydrogens (tertiary/aromatic N) is 1. The van der Waals surface area contributed by atoms with Crippen molar-refractivity contribution in [1.29, 1.82) is 0 Å². The quantitative estimate of drug-likeness (QED) is 0.793. The zero-order chi connectivity index (χ0) is 11.3. The Kier molecular flexibility index (Phi) is 6.18. The summed E-state index contributed by atoms with van der Waals surface area (Å²) in [4.78, 5) is 24.2. The Bertz CT molecular complexity index is 354. The van der Waals surface area contributed by atoms with Crippen molar-refractivity contribution in [2.75, 3.05) is 18.5 Å². The fourth-order valence-electron chi connectivity index (χ4n) is 1.28. The predicted molar refractivity (Wildman–Crippen MR) is 65.8 cm³/mol. The van der Waals surface area contributed by atoms with Crippen LogP contribution >= 0.6 is 12.4 Å². The number of amides is 2. The van der Waals surface area contributed by atoms with Gasteiger partial charge in [-0.25, -0.2) is 0 Å². The van der Waals surface area contributed by atoms with Crippen LogP contribution in [-0.2, 0) is 9.59 Å². The molecule has 88 valence electrons. The summed E-state index contributed by atoms with van der Waals surface area (Å²) in [7, 11) is 1.44. The van der Waals surface area contributed by atoms with Crippen LogP contribution in [0.3, 0.4) is 0 Å². The zero-order valence-electron chi connectivity index (χ0n) is 9.27. The van der Waals surface area contributed by atoms with Crippen LogP contribution in [0.5, 0.6) is 0 Å². The summed E-state index contributed by atoms with van der Waals surface area (Å²) < 4.78 is 0. The van der Waals surface area contributed by atoms with E-state index in [2.05, 4.69) is 5.32 Å². The van der Waals surface area contributed by atoms with E-state index in [4.69, 9.17) is 0 Å². The third kappa shape index (κ3) is 3.24. The molecule has 0 aliphatic heterocycles. The number of likely N-dealkylation sites (N-methyl/N-ethyl adjacent to an activating group) is 2. The van der Waals surface area contributed by atoms with Gasteiger partial charge < -0.3 is 10.2 Å². The van der Waals surface area contributed by atoms with Crippen LogP contribution in [0, 0.1) is 0 Å². The molecule has 0 heterocycles. The Balaban J connectivity index is 0.00000225. The second kappa shape index (κ2) is 6.85. The zero-order valence-corrected chi connectivity index (χ0v) is 10.1. The molecule has 0 aromatic heterocycles. The van der Waals surface area contributed by atoms with Crippen molar-refractivity contribution in [3.63, 3.8) is 0 Å². The molecule has 0 spiro atoms. The smallest absolute Gasteiger partial charge is 0.316 e. The van der Waals surface area contributed by atoms with Crippen molar-refractivity contribution in [2.45, 2.75) is 6.92 Å². The average molecular weight is 243 g/mol. The van der Waals surface area contributed by atoms with Crippen LogP contribution < -0.4 is 10.2 Å². The van der Waals surface area contributed by atoms with Gasteiger partial charge in [0.15, 0.2) is 0 Å². The molecule has 0 unspecified atom stereocenters. The van der Waals surface area contributed by atoms with Gasteiger partial charge in [-0.05, 0) is 19.1 Å². The van der Waals surface area contributed by atoms with Crippen molar-refractivity contribution in [2.24, 2.45) is 0 Å². The van der Waals surface area contributed by atoms with Gasteiger partial charge in [-0.3, -0.25) is 9.59 Å². The third-order valence-corrected chi connectivity index (χ3v) is 2.05. The molecular formula is C11H15ClN2O2. The number of carbonyl (C=O) groups is 2. The molecule has 0 radical (unpaired) electrons. The second-order valence-electron chi connectivity index (χ2n) is 2.96. The van der Waals surface area contributed by atoms with Gasteiger partial charge in [0.2, 0.25) is 0 Å². The minimum absolute atomic E-state index is 0. The standard InChI is InChI=1S/C11H14N2O2.ClH/c1-3-13(11(15)10(14)12-2)9-7-5-4-6-8-9;/h4-8H,3H2,1-2H3,(H,12,14);1H. The molecule has 1 aromatic carbocycles. The number of halogens is 1. The SMILES string of the molecule is CCN(C(=O)C(=O)NC)c1ccccc1.Cl. The Labute approximate surface area is 101 Å². The molecule has 2 amide bonds. The van der Waals surface area contributed by atoms with Gasteiger partial charge in [-0.2, -0.15) is 0 Å². The first-order valence-electron chi connectivity index (χ1n) is 4.79. The number of carbonyl (C=O) groups excluding carboxylic acids is 2. The maximum atomic E-state index is 11.6. The van der Waals surface area contributed by atoms with Gasteiger partial charge in [-0.15, -0.1) is 12.4 Å². The number of rotatable bonds is 2. The third-order valence-electron chi connectivity index (χ3n) is 2.05. The van der Waals surface area contributed by atoms with E-state index in [1.807, 2.05) is 25.1 Å². The average Bonchev–Trinajstić information content (AvgIpc) is 2.30. The minimum Gasteiger partial charge on any atom is -0.351 e. The Morgan fingerprint density at radius 1 is 1.25 bits per heavy atom. The van der Waals surface area contributed by atoms with Crippen LogP contribution in [0.4, 0.5) is 5.69 Å². The molecule has 0 aliphatic carbocycles. The highest BCUT2D eigenvalue weighted by molar-refractivity contribution is 6.40. The highest BCUT2D eigenvalue weighted by Crippen LogP contribution is 2.12. The van der Waals surface area contributed by atoms with Gasteiger partial charge >= 0.3 is 11.8 Å². The summed E-state index contributed by atoms with van der Waals surface area (Å²) in [5.41, 5.74) is 0.730. The number of hydrogen-bond acceptors (Lipinski definition) is 2. The van der Waals surface area contributed by atoms with Crippen LogP contribution in [0.2, 0.25) is 0 Å². The molecule has 0 saturated carbocycles. The maximum Gasteiger partial charge on any atom is 0.316 e. The summed E-state index contributed by atoms with van der Waals surface area (Å²) in [5, 5.41) is 2.32. The lowest BCUT2D eigenvalue weighted by molar-refractivity contribution is -0.137. The largest absolute Gasteiger partial charge is 0.351 e. The molecule has 4 nitrogen and oxygen atoms in total. The molecule has 0 bridgehead atoms. The lowest BCUT2D eigenvalue weighted by Gasteiger charge is -2.19. The molecule has 0 saturated heterocycles. The Hall–Kier alpha value is -1.55. The monoisotopic (exact) mass is 242 g/mol. The maximum absolute atomic E-state index is 11.6. The van der Waals surface area contributed by atoms with Crippen molar-refractivity contribution in [3.05, 3.63) is 30.3 Å². The van der Waals surface area contributed by atoms with E-state index in [0.717, 1.165) is 5.69 Å². The highest BCUT2D eigenvalue weighted by Gasteiger charge is 2.20. The van der Waals surface area contributed by atoms with Crippen molar-refractivity contribution < 1.29 is 9.59 Å². The van der Waals surface area contributed by atoms with Crippen LogP contribution in [0.1, 0.15) is 6.92 Å². The molecule has 0 atom stereocenters. The van der Waals surface area contributed by atoms with E-state index in [0.29, 0.717) is 6.54 Å². The van der Waals surface area contributed by atoms with Crippen molar-refractivity contribution in [1.82, 2.24) is 5.32 Å². The summed E-state index contributed by atoms with van der Waals surface area (Å²) in [6.07, 6.45) is 0. The molecular weight excluding hydrogens is 228 g/mol. The van der Waals surface area contributed by atoms with Crippen LogP contribution in [0.25, 0.3) is 0 Å². The van der Waals surface area contributed by atoms with Gasteiger partial charge in [0.25, 0.3) is 0 Å². The second-order valence-corrected chi connectivity index (χ2v) is 2.96. The molecule has 1 aromatic rings. The first-order valence-corrected chi connectivity index (χ1v) is 4.79. The highest BCUT2D eigenvalue weighted by atomic mass is 35.5. The van der Waals surface area contributed by atoms with Crippen molar-refractivity contribution >= 4 is 29.9 Å². The summed E-state index contributed by atoms with van der Waals surface area (Å²) >= 11 is 0. The fraction of sp³-hybridized carbons (Fsp3) is 0.273. The molecule has 0 aliphatic rings. The summed E-state index contributed by atoms with van der Waals surface area (Å²) in [6.45, 7) is 2.30. The van der Waals surface area contributed by atoms with E-state index in [-0.39, 0.29) is 12.4 Å². The van der Waals surface area contributed by atoms with E-state index in [1.54, 1.807) is 12.1 Å². The lowest BCUT2D eigenvalue weighted by atomic mass is 10.3. The Morgan fingerprint density at radius 3 is 2.25 bits per heavy atom. The summed E-state index contributed by atoms with van der Waals surface area (Å²) in [6, 6.07) is 9.11. The predicted octanol–water partition coefficient (Wildman–Crippen LogP) is 1.21. The van der Waals surface area contributed by atoms with Crippen molar-refractivity contribution in [3.8, 4) is 0 Å².